The standard InChI is InChI=1S/C18H16N4O4S/c1-27(24,25)14-7-13(8-19-9-14)21-18(23)12-2-3-17-15(6-12)16-10-20-11-22(16)4-5-26-17/h2-3,6-11H,4-5H2,1H3,(H,21,23). The quantitative estimate of drug-likeness (QED) is 0.741. The van der Waals surface area contributed by atoms with Gasteiger partial charge in [-0.25, -0.2) is 13.4 Å². The molecular formula is C18H16N4O4S. The Hall–Kier alpha value is -3.20. The monoisotopic (exact) mass is 384 g/mol. The van der Waals surface area contributed by atoms with Crippen LogP contribution in [0.1, 0.15) is 10.4 Å². The number of ether oxygens (including phenoxy) is 1. The van der Waals surface area contributed by atoms with Gasteiger partial charge in [-0.15, -0.1) is 0 Å². The molecule has 138 valence electrons. The summed E-state index contributed by atoms with van der Waals surface area (Å²) in [6, 6.07) is 6.52. The lowest BCUT2D eigenvalue weighted by molar-refractivity contribution is 0.102. The number of rotatable bonds is 3. The number of carbonyl (C=O) groups excluding carboxylic acids is 1. The third kappa shape index (κ3) is 3.41. The summed E-state index contributed by atoms with van der Waals surface area (Å²) in [7, 11) is -3.41. The third-order valence-electron chi connectivity index (χ3n) is 4.22. The van der Waals surface area contributed by atoms with Crippen LogP contribution in [0.15, 0.2) is 54.1 Å². The maximum absolute atomic E-state index is 12.6. The number of hydrogen-bond acceptors (Lipinski definition) is 6. The van der Waals surface area contributed by atoms with E-state index in [4.69, 9.17) is 4.74 Å². The van der Waals surface area contributed by atoms with E-state index in [1.807, 2.05) is 4.57 Å². The zero-order valence-corrected chi connectivity index (χ0v) is 15.2. The number of nitrogens with one attached hydrogen (secondary N) is 1. The molecule has 1 aliphatic heterocycles. The number of nitrogens with zero attached hydrogens (tertiary/aromatic N) is 3. The molecule has 2 aromatic heterocycles. The molecule has 0 atom stereocenters. The first-order chi connectivity index (χ1) is 12.9. The zero-order chi connectivity index (χ0) is 19.0. The number of hydrogen-bond donors (Lipinski definition) is 1. The Morgan fingerprint density at radius 1 is 1.19 bits per heavy atom. The molecule has 4 rings (SSSR count). The van der Waals surface area contributed by atoms with Gasteiger partial charge in [0.2, 0.25) is 0 Å². The number of imidazole rings is 1. The SMILES string of the molecule is CS(=O)(=O)c1cncc(NC(=O)c2ccc3c(c2)-c2cncn2CCO3)c1. The lowest BCUT2D eigenvalue weighted by Gasteiger charge is -2.10. The van der Waals surface area contributed by atoms with Crippen LogP contribution in [0.2, 0.25) is 0 Å². The molecule has 9 heteroatoms. The molecule has 8 nitrogen and oxygen atoms in total. The van der Waals surface area contributed by atoms with Crippen LogP contribution in [-0.4, -0.2) is 41.7 Å². The van der Waals surface area contributed by atoms with Crippen molar-refractivity contribution in [3.63, 3.8) is 0 Å². The average molecular weight is 384 g/mol. The Morgan fingerprint density at radius 3 is 2.85 bits per heavy atom. The van der Waals surface area contributed by atoms with Crippen LogP contribution in [0.5, 0.6) is 5.75 Å². The van der Waals surface area contributed by atoms with E-state index in [9.17, 15) is 13.2 Å². The molecular weight excluding hydrogens is 368 g/mol. The second-order valence-electron chi connectivity index (χ2n) is 6.17. The van der Waals surface area contributed by atoms with Crippen molar-refractivity contribution in [2.45, 2.75) is 11.4 Å². The molecule has 0 spiro atoms. The molecule has 27 heavy (non-hydrogen) atoms. The minimum absolute atomic E-state index is 0.0412. The number of amides is 1. The molecule has 3 heterocycles. The van der Waals surface area contributed by atoms with Crippen molar-refractivity contribution in [2.24, 2.45) is 0 Å². The van der Waals surface area contributed by atoms with E-state index < -0.39 is 9.84 Å². The molecule has 0 saturated carbocycles. The minimum Gasteiger partial charge on any atom is -0.491 e. The second kappa shape index (κ2) is 6.51. The highest BCUT2D eigenvalue weighted by Crippen LogP contribution is 2.33. The fraction of sp³-hybridized carbons (Fsp3) is 0.167. The van der Waals surface area contributed by atoms with E-state index in [1.165, 1.54) is 18.5 Å². The first-order valence-electron chi connectivity index (χ1n) is 8.15. The van der Waals surface area contributed by atoms with Gasteiger partial charge in [0.05, 0.1) is 41.5 Å². The van der Waals surface area contributed by atoms with Crippen LogP contribution in [0, 0.1) is 0 Å². The van der Waals surface area contributed by atoms with Crippen LogP contribution in [0.4, 0.5) is 5.69 Å². The highest BCUT2D eigenvalue weighted by molar-refractivity contribution is 7.90. The molecule has 0 bridgehead atoms. The van der Waals surface area contributed by atoms with Crippen LogP contribution >= 0.6 is 0 Å². The Morgan fingerprint density at radius 2 is 2.04 bits per heavy atom. The highest BCUT2D eigenvalue weighted by atomic mass is 32.2. The maximum atomic E-state index is 12.6. The van der Waals surface area contributed by atoms with E-state index in [-0.39, 0.29) is 10.8 Å². The number of sulfone groups is 1. The highest BCUT2D eigenvalue weighted by Gasteiger charge is 2.18. The van der Waals surface area contributed by atoms with Crippen LogP contribution < -0.4 is 10.1 Å². The van der Waals surface area contributed by atoms with Crippen molar-refractivity contribution in [3.05, 3.63) is 54.7 Å². The van der Waals surface area contributed by atoms with Gasteiger partial charge in [-0.3, -0.25) is 9.78 Å². The van der Waals surface area contributed by atoms with Gasteiger partial charge in [0.15, 0.2) is 9.84 Å². The van der Waals surface area contributed by atoms with Gasteiger partial charge < -0.3 is 14.6 Å². The fourth-order valence-corrected chi connectivity index (χ4v) is 3.46. The van der Waals surface area contributed by atoms with E-state index in [0.29, 0.717) is 30.2 Å². The van der Waals surface area contributed by atoms with E-state index in [1.54, 1.807) is 30.7 Å². The molecule has 0 fully saturated rings. The largest absolute Gasteiger partial charge is 0.491 e. The lowest BCUT2D eigenvalue weighted by atomic mass is 10.1. The number of pyridine rings is 1. The fourth-order valence-electron chi connectivity index (χ4n) is 2.87. The van der Waals surface area contributed by atoms with E-state index >= 15 is 0 Å². The molecule has 0 radical (unpaired) electrons. The number of fused-ring (bicyclic) bond motifs is 3. The molecule has 1 N–H and O–H groups in total. The molecule has 1 aromatic carbocycles. The van der Waals surface area contributed by atoms with Crippen LogP contribution in [-0.2, 0) is 16.4 Å². The molecule has 1 amide bonds. The zero-order valence-electron chi connectivity index (χ0n) is 14.4. The predicted molar refractivity (Wildman–Crippen MR) is 98.5 cm³/mol. The summed E-state index contributed by atoms with van der Waals surface area (Å²) in [5.74, 6) is 0.312. The van der Waals surface area contributed by atoms with Gasteiger partial charge in [-0.2, -0.15) is 0 Å². The first kappa shape index (κ1) is 17.2. The number of benzene rings is 1. The van der Waals surface area contributed by atoms with Crippen molar-refractivity contribution in [2.75, 3.05) is 18.2 Å². The van der Waals surface area contributed by atoms with E-state index in [2.05, 4.69) is 15.3 Å². The van der Waals surface area contributed by atoms with Gasteiger partial charge >= 0.3 is 0 Å². The average Bonchev–Trinajstić information content (AvgIpc) is 3.03. The Balaban J connectivity index is 1.65. The normalized spacial score (nSPS) is 13.1. The van der Waals surface area contributed by atoms with E-state index in [0.717, 1.165) is 17.5 Å². The summed E-state index contributed by atoms with van der Waals surface area (Å²) in [6.45, 7) is 1.20. The first-order valence-corrected chi connectivity index (χ1v) is 10.0. The van der Waals surface area contributed by atoms with Gasteiger partial charge in [-0.05, 0) is 24.3 Å². The number of carbonyl (C=O) groups is 1. The van der Waals surface area contributed by atoms with Gasteiger partial charge in [0, 0.05) is 23.6 Å². The van der Waals surface area contributed by atoms with Gasteiger partial charge in [0.25, 0.3) is 5.91 Å². The molecule has 0 saturated heterocycles. The van der Waals surface area contributed by atoms with Gasteiger partial charge in [0.1, 0.15) is 12.4 Å². The van der Waals surface area contributed by atoms with Crippen molar-refractivity contribution in [1.29, 1.82) is 0 Å². The summed E-state index contributed by atoms with van der Waals surface area (Å²) in [5, 5.41) is 2.68. The second-order valence-corrected chi connectivity index (χ2v) is 8.18. The van der Waals surface area contributed by atoms with Crippen LogP contribution in [0.25, 0.3) is 11.3 Å². The topological polar surface area (TPSA) is 103 Å². The number of aromatic nitrogens is 3. The lowest BCUT2D eigenvalue weighted by Crippen LogP contribution is -2.13. The summed E-state index contributed by atoms with van der Waals surface area (Å²) in [4.78, 5) is 20.7. The predicted octanol–water partition coefficient (Wildman–Crippen LogP) is 1.99. The molecule has 0 aliphatic carbocycles. The van der Waals surface area contributed by atoms with Crippen molar-refractivity contribution < 1.29 is 17.9 Å². The van der Waals surface area contributed by atoms with Gasteiger partial charge in [-0.1, -0.05) is 0 Å². The summed E-state index contributed by atoms with van der Waals surface area (Å²) in [6.07, 6.45) is 7.18. The Kier molecular flexibility index (Phi) is 4.15. The van der Waals surface area contributed by atoms with Crippen molar-refractivity contribution in [3.8, 4) is 17.0 Å². The third-order valence-corrected chi connectivity index (χ3v) is 5.30. The minimum atomic E-state index is -3.41. The maximum Gasteiger partial charge on any atom is 0.255 e. The van der Waals surface area contributed by atoms with Crippen molar-refractivity contribution >= 4 is 21.4 Å². The Labute approximate surface area is 155 Å². The summed E-state index contributed by atoms with van der Waals surface area (Å²) < 4.78 is 31.0. The molecule has 1 aliphatic rings. The molecule has 0 unspecified atom stereocenters. The Bertz CT molecular complexity index is 1140. The molecule has 3 aromatic rings. The summed E-state index contributed by atoms with van der Waals surface area (Å²) in [5.41, 5.74) is 2.37. The number of anilines is 1. The smallest absolute Gasteiger partial charge is 0.255 e. The van der Waals surface area contributed by atoms with Crippen molar-refractivity contribution in [1.82, 2.24) is 14.5 Å². The van der Waals surface area contributed by atoms with Crippen LogP contribution in [0.3, 0.4) is 0 Å². The summed E-state index contributed by atoms with van der Waals surface area (Å²) >= 11 is 0.